The predicted molar refractivity (Wildman–Crippen MR) is 107 cm³/mol. The summed E-state index contributed by atoms with van der Waals surface area (Å²) in [5.41, 5.74) is 6.75. The lowest BCUT2D eigenvalue weighted by Crippen LogP contribution is -1.99. The van der Waals surface area contributed by atoms with Crippen molar-refractivity contribution in [1.82, 2.24) is 4.98 Å². The number of fused-ring (bicyclic) bond motifs is 2. The van der Waals surface area contributed by atoms with E-state index in [1.807, 2.05) is 0 Å². The molecular formula is C19H12FN5O4. The van der Waals surface area contributed by atoms with Gasteiger partial charge in [0.05, 0.1) is 26.6 Å². The quantitative estimate of drug-likeness (QED) is 0.222. The van der Waals surface area contributed by atoms with Crippen molar-refractivity contribution in [1.29, 1.82) is 0 Å². The van der Waals surface area contributed by atoms with Gasteiger partial charge >= 0.3 is 5.69 Å². The fraction of sp³-hybridized carbons (Fsp3) is 0. The summed E-state index contributed by atoms with van der Waals surface area (Å²) in [6, 6.07) is 12.9. The average molecular weight is 393 g/mol. The third kappa shape index (κ3) is 3.23. The van der Waals surface area contributed by atoms with Gasteiger partial charge in [-0.3, -0.25) is 20.2 Å². The minimum absolute atomic E-state index is 0.129. The summed E-state index contributed by atoms with van der Waals surface area (Å²) in [6.07, 6.45) is 0. The number of hydrogen-bond donors (Lipinski definition) is 2. The molecule has 1 aromatic heterocycles. The molecule has 0 unspecified atom stereocenters. The number of hydrogen-bond acceptors (Lipinski definition) is 7. The summed E-state index contributed by atoms with van der Waals surface area (Å²) in [5, 5.41) is 26.1. The molecule has 9 nitrogen and oxygen atoms in total. The molecule has 0 amide bonds. The zero-order valence-electron chi connectivity index (χ0n) is 14.6. The van der Waals surface area contributed by atoms with Crippen LogP contribution < -0.4 is 11.1 Å². The zero-order chi connectivity index (χ0) is 20.7. The first-order chi connectivity index (χ1) is 13.8. The van der Waals surface area contributed by atoms with Gasteiger partial charge in [0.1, 0.15) is 0 Å². The van der Waals surface area contributed by atoms with Gasteiger partial charge in [0, 0.05) is 40.3 Å². The number of halogens is 1. The van der Waals surface area contributed by atoms with Crippen LogP contribution >= 0.6 is 0 Å². The van der Waals surface area contributed by atoms with Crippen LogP contribution in [0.1, 0.15) is 0 Å². The van der Waals surface area contributed by atoms with Crippen LogP contribution in [0.15, 0.2) is 54.6 Å². The number of nitrogens with zero attached hydrogens (tertiary/aromatic N) is 3. The molecule has 0 atom stereocenters. The summed E-state index contributed by atoms with van der Waals surface area (Å²) in [7, 11) is 0. The molecule has 0 aliphatic carbocycles. The van der Waals surface area contributed by atoms with Crippen molar-refractivity contribution in [3.8, 4) is 0 Å². The Labute approximate surface area is 161 Å². The molecule has 0 radical (unpaired) electrons. The maximum atomic E-state index is 14.3. The zero-order valence-corrected chi connectivity index (χ0v) is 14.6. The SMILES string of the molecule is Nc1ccc(Nc2c3ccc([N+](=O)[O-])cc3nc3cc([N+](=O)[O-])c(F)cc23)cc1. The van der Waals surface area contributed by atoms with E-state index in [9.17, 15) is 24.6 Å². The van der Waals surface area contributed by atoms with Crippen LogP contribution in [0.2, 0.25) is 0 Å². The summed E-state index contributed by atoms with van der Waals surface area (Å²) in [6.45, 7) is 0. The molecule has 4 rings (SSSR count). The lowest BCUT2D eigenvalue weighted by atomic mass is 10.1. The molecular weight excluding hydrogens is 381 g/mol. The van der Waals surface area contributed by atoms with Crippen molar-refractivity contribution in [3.63, 3.8) is 0 Å². The van der Waals surface area contributed by atoms with Crippen molar-refractivity contribution >= 4 is 50.2 Å². The summed E-state index contributed by atoms with van der Waals surface area (Å²) >= 11 is 0. The molecule has 0 saturated heterocycles. The van der Waals surface area contributed by atoms with Crippen LogP contribution in [-0.4, -0.2) is 14.8 Å². The van der Waals surface area contributed by atoms with Crippen molar-refractivity contribution < 1.29 is 14.2 Å². The number of nitrogen functional groups attached to an aromatic ring is 1. The topological polar surface area (TPSA) is 137 Å². The summed E-state index contributed by atoms with van der Waals surface area (Å²) in [5.74, 6) is -1.01. The number of anilines is 3. The highest BCUT2D eigenvalue weighted by molar-refractivity contribution is 6.09. The van der Waals surface area contributed by atoms with E-state index in [1.54, 1.807) is 24.3 Å². The molecule has 3 N–H and O–H groups in total. The molecule has 0 aliphatic rings. The third-order valence-electron chi connectivity index (χ3n) is 4.41. The second kappa shape index (κ2) is 6.68. The maximum Gasteiger partial charge on any atom is 0.306 e. The number of aromatic nitrogens is 1. The van der Waals surface area contributed by atoms with E-state index in [2.05, 4.69) is 10.3 Å². The van der Waals surface area contributed by atoms with Gasteiger partial charge in [0.25, 0.3) is 5.69 Å². The molecule has 0 bridgehead atoms. The highest BCUT2D eigenvalue weighted by atomic mass is 19.1. The van der Waals surface area contributed by atoms with E-state index in [1.165, 1.54) is 18.2 Å². The van der Waals surface area contributed by atoms with E-state index in [4.69, 9.17) is 5.73 Å². The fourth-order valence-electron chi connectivity index (χ4n) is 3.04. The molecule has 1 heterocycles. The van der Waals surface area contributed by atoms with Gasteiger partial charge in [-0.1, -0.05) is 0 Å². The number of non-ortho nitro benzene ring substituents is 1. The number of nitrogens with one attached hydrogen (secondary N) is 1. The van der Waals surface area contributed by atoms with E-state index in [0.29, 0.717) is 27.8 Å². The fourth-order valence-corrected chi connectivity index (χ4v) is 3.04. The van der Waals surface area contributed by atoms with Crippen LogP contribution in [0.4, 0.5) is 32.8 Å². The third-order valence-corrected chi connectivity index (χ3v) is 4.41. The van der Waals surface area contributed by atoms with Crippen molar-refractivity contribution in [2.24, 2.45) is 0 Å². The summed E-state index contributed by atoms with van der Waals surface area (Å²) < 4.78 is 14.3. The minimum Gasteiger partial charge on any atom is -0.399 e. The molecule has 0 fully saturated rings. The van der Waals surface area contributed by atoms with E-state index < -0.39 is 21.4 Å². The Hall–Kier alpha value is -4.34. The van der Waals surface area contributed by atoms with Crippen LogP contribution in [-0.2, 0) is 0 Å². The second-order valence-electron chi connectivity index (χ2n) is 6.27. The van der Waals surface area contributed by atoms with Crippen molar-refractivity contribution in [2.45, 2.75) is 0 Å². The van der Waals surface area contributed by atoms with E-state index in [-0.39, 0.29) is 16.7 Å². The van der Waals surface area contributed by atoms with Gasteiger partial charge in [0.15, 0.2) is 0 Å². The molecule has 29 heavy (non-hydrogen) atoms. The number of pyridine rings is 1. The highest BCUT2D eigenvalue weighted by Gasteiger charge is 2.20. The molecule has 10 heteroatoms. The first kappa shape index (κ1) is 18.0. The average Bonchev–Trinajstić information content (AvgIpc) is 2.68. The Balaban J connectivity index is 2.03. The number of nitrogens with two attached hydrogens (primary N) is 1. The molecule has 3 aromatic carbocycles. The Bertz CT molecular complexity index is 1310. The standard InChI is InChI=1S/C19H12FN5O4/c20-15-8-14-17(9-18(15)25(28)29)23-16-7-12(24(26)27)5-6-13(16)19(14)22-11-3-1-10(21)2-4-11/h1-9H,21H2,(H,22,23). The molecule has 0 spiro atoms. The smallest absolute Gasteiger partial charge is 0.306 e. The number of benzene rings is 3. The first-order valence-electron chi connectivity index (χ1n) is 8.32. The molecule has 4 aromatic rings. The van der Waals surface area contributed by atoms with Gasteiger partial charge < -0.3 is 11.1 Å². The van der Waals surface area contributed by atoms with Crippen LogP contribution in [0.5, 0.6) is 0 Å². The van der Waals surface area contributed by atoms with Crippen LogP contribution in [0.25, 0.3) is 21.8 Å². The van der Waals surface area contributed by atoms with Gasteiger partial charge in [-0.15, -0.1) is 0 Å². The Morgan fingerprint density at radius 1 is 0.897 bits per heavy atom. The van der Waals surface area contributed by atoms with Gasteiger partial charge in [-0.05, 0) is 36.4 Å². The van der Waals surface area contributed by atoms with Gasteiger partial charge in [-0.25, -0.2) is 4.98 Å². The van der Waals surface area contributed by atoms with Gasteiger partial charge in [-0.2, -0.15) is 4.39 Å². The lowest BCUT2D eigenvalue weighted by Gasteiger charge is -2.14. The number of rotatable bonds is 4. The van der Waals surface area contributed by atoms with E-state index >= 15 is 0 Å². The van der Waals surface area contributed by atoms with Crippen molar-refractivity contribution in [3.05, 3.63) is 80.6 Å². The normalized spacial score (nSPS) is 10.9. The number of nitro groups is 2. The Kier molecular flexibility index (Phi) is 4.15. The largest absolute Gasteiger partial charge is 0.399 e. The summed E-state index contributed by atoms with van der Waals surface area (Å²) in [4.78, 5) is 25.1. The van der Waals surface area contributed by atoms with Crippen LogP contribution in [0.3, 0.4) is 0 Å². The van der Waals surface area contributed by atoms with Crippen LogP contribution in [0, 0.1) is 26.0 Å². The monoisotopic (exact) mass is 393 g/mol. The van der Waals surface area contributed by atoms with E-state index in [0.717, 1.165) is 12.1 Å². The number of nitro benzene ring substituents is 2. The highest BCUT2D eigenvalue weighted by Crippen LogP contribution is 2.37. The Morgan fingerprint density at radius 3 is 2.24 bits per heavy atom. The molecule has 0 saturated carbocycles. The molecule has 144 valence electrons. The maximum absolute atomic E-state index is 14.3. The van der Waals surface area contributed by atoms with Gasteiger partial charge in [0.2, 0.25) is 5.82 Å². The second-order valence-corrected chi connectivity index (χ2v) is 6.27. The predicted octanol–water partition coefficient (Wildman–Crippen LogP) is 4.67. The lowest BCUT2D eigenvalue weighted by molar-refractivity contribution is -0.387. The Morgan fingerprint density at radius 2 is 1.59 bits per heavy atom. The first-order valence-corrected chi connectivity index (χ1v) is 8.32. The minimum atomic E-state index is -1.01. The molecule has 0 aliphatic heterocycles. The van der Waals surface area contributed by atoms with Crippen molar-refractivity contribution in [2.75, 3.05) is 11.1 Å².